The van der Waals surface area contributed by atoms with Crippen LogP contribution in [0.5, 0.6) is 0 Å². The van der Waals surface area contributed by atoms with E-state index >= 15 is 0 Å². The maximum atomic E-state index is 5.39. The second-order valence-electron chi connectivity index (χ2n) is 1.53. The minimum Gasteiger partial charge on any atom is -1.00 e. The Morgan fingerprint density at radius 3 is 1.89 bits per heavy atom. The van der Waals surface area contributed by atoms with Crippen molar-refractivity contribution in [1.82, 2.24) is 4.81 Å². The molecule has 0 aliphatic heterocycles. The molecule has 2 radical (unpaired) electrons. The molecular formula is C6H11BLiN. The van der Waals surface area contributed by atoms with Crippen molar-refractivity contribution >= 4 is 7.98 Å². The second kappa shape index (κ2) is 8.10. The Bertz CT molecular complexity index is 79.8. The van der Waals surface area contributed by atoms with E-state index < -0.39 is 0 Å². The first-order valence-corrected chi connectivity index (χ1v) is 2.52. The SMILES string of the molecule is [B]N(CC=C)CC=C.[H-].[Li+]. The van der Waals surface area contributed by atoms with Crippen LogP contribution in [0.1, 0.15) is 1.43 Å². The van der Waals surface area contributed by atoms with Crippen LogP contribution in [0.4, 0.5) is 0 Å². The van der Waals surface area contributed by atoms with Crippen molar-refractivity contribution < 1.29 is 20.3 Å². The third-order valence-corrected chi connectivity index (χ3v) is 0.727. The zero-order valence-electron chi connectivity index (χ0n) is 7.01. The third-order valence-electron chi connectivity index (χ3n) is 0.727. The fourth-order valence-electron chi connectivity index (χ4n) is 0.406. The minimum atomic E-state index is 0. The molecule has 0 N–H and O–H groups in total. The topological polar surface area (TPSA) is 3.24 Å². The van der Waals surface area contributed by atoms with Crippen LogP contribution >= 0.6 is 0 Å². The van der Waals surface area contributed by atoms with Gasteiger partial charge in [0.05, 0.1) is 0 Å². The summed E-state index contributed by atoms with van der Waals surface area (Å²) < 4.78 is 0. The largest absolute Gasteiger partial charge is 1.00 e. The van der Waals surface area contributed by atoms with Gasteiger partial charge in [-0.05, 0) is 0 Å². The summed E-state index contributed by atoms with van der Waals surface area (Å²) in [6.45, 7) is 8.48. The van der Waals surface area contributed by atoms with E-state index in [4.69, 9.17) is 7.98 Å². The summed E-state index contributed by atoms with van der Waals surface area (Å²) in [6, 6.07) is 0. The van der Waals surface area contributed by atoms with Crippen molar-refractivity contribution in [3.8, 4) is 0 Å². The van der Waals surface area contributed by atoms with Gasteiger partial charge in [-0.2, -0.15) is 0 Å². The number of nitrogens with zero attached hydrogens (tertiary/aromatic N) is 1. The van der Waals surface area contributed by atoms with Gasteiger partial charge in [-0.25, -0.2) is 0 Å². The van der Waals surface area contributed by atoms with Crippen LogP contribution in [0.15, 0.2) is 25.3 Å². The average molecular weight is 115 g/mol. The molecule has 9 heavy (non-hydrogen) atoms. The predicted molar refractivity (Wildman–Crippen MR) is 38.8 cm³/mol. The van der Waals surface area contributed by atoms with Crippen LogP contribution in [0.3, 0.4) is 0 Å². The smallest absolute Gasteiger partial charge is 1.00 e. The first-order valence-electron chi connectivity index (χ1n) is 2.52. The minimum absolute atomic E-state index is 0. The maximum absolute atomic E-state index is 5.39. The van der Waals surface area contributed by atoms with Crippen molar-refractivity contribution in [3.05, 3.63) is 25.3 Å². The van der Waals surface area contributed by atoms with Crippen molar-refractivity contribution in [2.24, 2.45) is 0 Å². The van der Waals surface area contributed by atoms with Crippen molar-refractivity contribution in [1.29, 1.82) is 0 Å². The molecule has 0 saturated heterocycles. The molecule has 0 aromatic heterocycles. The van der Waals surface area contributed by atoms with E-state index in [1.807, 2.05) is 0 Å². The number of hydrogen-bond acceptors (Lipinski definition) is 1. The third kappa shape index (κ3) is 8.10. The standard InChI is InChI=1S/C6H10BN.Li.H/c1-3-5-8(7)6-4-2;;/h3-4H,1-2,5-6H2;;/q;+1;-1. The molecule has 0 spiro atoms. The molecule has 0 aliphatic carbocycles. The zero-order valence-corrected chi connectivity index (χ0v) is 6.01. The first kappa shape index (κ1) is 11.8. The molecule has 0 unspecified atom stereocenters. The van der Waals surface area contributed by atoms with E-state index in [9.17, 15) is 0 Å². The summed E-state index contributed by atoms with van der Waals surface area (Å²) in [5, 5.41) is 0. The van der Waals surface area contributed by atoms with Gasteiger partial charge in [-0.1, -0.05) is 12.2 Å². The van der Waals surface area contributed by atoms with E-state index in [1.165, 1.54) is 0 Å². The Morgan fingerprint density at radius 2 is 1.67 bits per heavy atom. The molecule has 0 bridgehead atoms. The predicted octanol–water partition coefficient (Wildman–Crippen LogP) is -2.14. The quantitative estimate of drug-likeness (QED) is 0.298. The molecule has 1 nitrogen and oxygen atoms in total. The summed E-state index contributed by atoms with van der Waals surface area (Å²) in [7, 11) is 5.39. The van der Waals surface area contributed by atoms with Crippen molar-refractivity contribution in [3.63, 3.8) is 0 Å². The van der Waals surface area contributed by atoms with Crippen molar-refractivity contribution in [2.75, 3.05) is 13.1 Å². The molecule has 0 amide bonds. The molecule has 0 saturated carbocycles. The maximum Gasteiger partial charge on any atom is 1.00 e. The molecule has 0 aliphatic rings. The molecule has 0 aromatic carbocycles. The summed E-state index contributed by atoms with van der Waals surface area (Å²) in [6.07, 6.45) is 3.51. The summed E-state index contributed by atoms with van der Waals surface area (Å²) >= 11 is 0. The average Bonchev–Trinajstić information content (AvgIpc) is 1.68. The normalized spacial score (nSPS) is 8.11. The first-order chi connectivity index (χ1) is 3.81. The van der Waals surface area contributed by atoms with Crippen LogP contribution in [0.2, 0.25) is 0 Å². The summed E-state index contributed by atoms with van der Waals surface area (Å²) in [5.74, 6) is 0. The van der Waals surface area contributed by atoms with E-state index in [2.05, 4.69) is 13.2 Å². The van der Waals surface area contributed by atoms with Crippen LogP contribution in [0, 0.1) is 0 Å². The molecule has 44 valence electrons. The molecule has 0 fully saturated rings. The van der Waals surface area contributed by atoms with Crippen LogP contribution in [0.25, 0.3) is 0 Å². The van der Waals surface area contributed by atoms with Gasteiger partial charge in [0.15, 0.2) is 7.98 Å². The van der Waals surface area contributed by atoms with Gasteiger partial charge in [0, 0.05) is 13.1 Å². The van der Waals surface area contributed by atoms with Gasteiger partial charge in [-0.15, -0.1) is 13.2 Å². The molecule has 3 heteroatoms. The molecular weight excluding hydrogens is 104 g/mol. The molecule has 0 rings (SSSR count). The number of rotatable bonds is 4. The van der Waals surface area contributed by atoms with Crippen molar-refractivity contribution in [2.45, 2.75) is 0 Å². The second-order valence-corrected chi connectivity index (χ2v) is 1.53. The summed E-state index contributed by atoms with van der Waals surface area (Å²) in [4.78, 5) is 1.62. The van der Waals surface area contributed by atoms with E-state index in [1.54, 1.807) is 17.0 Å². The van der Waals surface area contributed by atoms with Gasteiger partial charge in [0.2, 0.25) is 0 Å². The van der Waals surface area contributed by atoms with Gasteiger partial charge in [0.25, 0.3) is 0 Å². The monoisotopic (exact) mass is 115 g/mol. The van der Waals surface area contributed by atoms with Crippen LogP contribution in [-0.4, -0.2) is 25.9 Å². The Hall–Kier alpha value is 0.102. The van der Waals surface area contributed by atoms with Gasteiger partial charge in [-0.3, -0.25) is 0 Å². The fraction of sp³-hybridized carbons (Fsp3) is 0.333. The van der Waals surface area contributed by atoms with E-state index in [0.29, 0.717) is 13.1 Å². The van der Waals surface area contributed by atoms with Crippen LogP contribution in [-0.2, 0) is 0 Å². The fourth-order valence-corrected chi connectivity index (χ4v) is 0.406. The van der Waals surface area contributed by atoms with Gasteiger partial charge >= 0.3 is 18.9 Å². The zero-order chi connectivity index (χ0) is 6.41. The Morgan fingerprint density at radius 1 is 1.33 bits per heavy atom. The molecule has 0 atom stereocenters. The van der Waals surface area contributed by atoms with Gasteiger partial charge in [0.1, 0.15) is 0 Å². The Labute approximate surface area is 71.9 Å². The molecule has 0 heterocycles. The Balaban J connectivity index is -0.000000245. The summed E-state index contributed by atoms with van der Waals surface area (Å²) in [5.41, 5.74) is 0. The molecule has 0 aromatic rings. The van der Waals surface area contributed by atoms with E-state index in [-0.39, 0.29) is 20.3 Å². The van der Waals surface area contributed by atoms with Gasteiger partial charge < -0.3 is 6.24 Å². The number of hydrogen-bond donors (Lipinski definition) is 0. The Kier molecular flexibility index (Phi) is 10.7. The van der Waals surface area contributed by atoms with Crippen LogP contribution < -0.4 is 18.9 Å². The van der Waals surface area contributed by atoms with E-state index in [0.717, 1.165) is 0 Å².